The molecule has 1 saturated heterocycles. The van der Waals surface area contributed by atoms with Crippen molar-refractivity contribution in [1.29, 1.82) is 0 Å². The fourth-order valence-corrected chi connectivity index (χ4v) is 5.68. The van der Waals surface area contributed by atoms with Crippen LogP contribution in [0.25, 0.3) is 0 Å². The molecule has 3 heterocycles. The van der Waals surface area contributed by atoms with Gasteiger partial charge in [-0.1, -0.05) is 45.2 Å². The minimum Gasteiger partial charge on any atom is -0.381 e. The van der Waals surface area contributed by atoms with E-state index in [0.717, 1.165) is 44.2 Å². The average Bonchev–Trinajstić information content (AvgIpc) is 3.20. The topological polar surface area (TPSA) is 101 Å². The zero-order chi connectivity index (χ0) is 26.2. The van der Waals surface area contributed by atoms with Gasteiger partial charge in [-0.3, -0.25) is 14.3 Å². The number of hydrogen-bond acceptors (Lipinski definition) is 6. The van der Waals surface area contributed by atoms with Crippen molar-refractivity contribution in [3.05, 3.63) is 33.1 Å². The summed E-state index contributed by atoms with van der Waals surface area (Å²) >= 11 is 0. The van der Waals surface area contributed by atoms with Gasteiger partial charge in [-0.15, -0.1) is 0 Å². The van der Waals surface area contributed by atoms with Gasteiger partial charge in [0.25, 0.3) is 11.5 Å². The van der Waals surface area contributed by atoms with Crippen LogP contribution in [0.3, 0.4) is 0 Å². The maximum Gasteiger partial charge on any atom is 0.291 e. The molecule has 3 atom stereocenters. The molecule has 2 aromatic heterocycles. The molecular weight excluding hydrogens is 460 g/mol. The smallest absolute Gasteiger partial charge is 0.291 e. The first kappa shape index (κ1) is 26.7. The van der Waals surface area contributed by atoms with Gasteiger partial charge < -0.3 is 19.3 Å². The normalized spacial score (nSPS) is 24.0. The first-order chi connectivity index (χ1) is 17.0. The summed E-state index contributed by atoms with van der Waals surface area (Å²) in [6.07, 6.45) is 7.52. The Hall–Kier alpha value is -2.39. The van der Waals surface area contributed by atoms with Gasteiger partial charge >= 0.3 is 0 Å². The van der Waals surface area contributed by atoms with Gasteiger partial charge in [0.2, 0.25) is 0 Å². The van der Waals surface area contributed by atoms with Gasteiger partial charge in [0, 0.05) is 26.1 Å². The quantitative estimate of drug-likeness (QED) is 0.602. The molecule has 4 rings (SSSR count). The summed E-state index contributed by atoms with van der Waals surface area (Å²) in [5, 5.41) is 6.95. The third-order valence-corrected chi connectivity index (χ3v) is 8.07. The summed E-state index contributed by atoms with van der Waals surface area (Å²) in [5.41, 5.74) is 1.62. The van der Waals surface area contributed by atoms with Crippen LogP contribution in [-0.2, 0) is 16.5 Å². The van der Waals surface area contributed by atoms with Crippen LogP contribution in [0, 0.1) is 19.3 Å². The van der Waals surface area contributed by atoms with Gasteiger partial charge in [0.1, 0.15) is 11.8 Å². The molecule has 1 saturated carbocycles. The van der Waals surface area contributed by atoms with E-state index in [1.165, 1.54) is 6.42 Å². The van der Waals surface area contributed by atoms with Crippen LogP contribution in [0.5, 0.6) is 0 Å². The summed E-state index contributed by atoms with van der Waals surface area (Å²) in [6.45, 7) is 10.2. The van der Waals surface area contributed by atoms with Crippen LogP contribution < -0.4 is 10.9 Å². The van der Waals surface area contributed by atoms with E-state index in [1.807, 2.05) is 25.6 Å². The number of nitrogens with zero attached hydrogens (tertiary/aromatic N) is 3. The van der Waals surface area contributed by atoms with E-state index in [0.29, 0.717) is 23.4 Å². The van der Waals surface area contributed by atoms with Crippen molar-refractivity contribution in [3.8, 4) is 0 Å². The molecule has 1 amide bonds. The predicted molar refractivity (Wildman–Crippen MR) is 137 cm³/mol. The van der Waals surface area contributed by atoms with Crippen molar-refractivity contribution in [2.45, 2.75) is 110 Å². The Labute approximate surface area is 213 Å². The van der Waals surface area contributed by atoms with Crippen molar-refractivity contribution >= 4 is 11.6 Å². The number of ether oxygens (including phenoxy) is 2. The highest BCUT2D eigenvalue weighted by Gasteiger charge is 2.37. The summed E-state index contributed by atoms with van der Waals surface area (Å²) in [7, 11) is 3.59. The molecule has 0 radical (unpaired) electrons. The minimum atomic E-state index is -0.451. The van der Waals surface area contributed by atoms with Gasteiger partial charge in [0.05, 0.1) is 23.9 Å². The number of amides is 1. The highest BCUT2D eigenvalue weighted by molar-refractivity contribution is 6.04. The molecule has 2 fully saturated rings. The number of methoxy groups -OCH3 is 1. The predicted octanol–water partition coefficient (Wildman–Crippen LogP) is 5.22. The van der Waals surface area contributed by atoms with Crippen LogP contribution in [0.15, 0.2) is 9.32 Å². The van der Waals surface area contributed by atoms with E-state index in [1.54, 1.807) is 11.8 Å². The first-order valence-electron chi connectivity index (χ1n) is 13.3. The van der Waals surface area contributed by atoms with E-state index in [-0.39, 0.29) is 41.0 Å². The van der Waals surface area contributed by atoms with E-state index in [4.69, 9.17) is 14.0 Å². The molecule has 9 nitrogen and oxygen atoms in total. The van der Waals surface area contributed by atoms with Gasteiger partial charge in [-0.2, -0.15) is 0 Å². The number of anilines is 1. The Morgan fingerprint density at radius 3 is 2.44 bits per heavy atom. The number of rotatable bonds is 5. The third-order valence-electron chi connectivity index (χ3n) is 8.07. The molecule has 9 heteroatoms. The molecule has 2 aliphatic rings. The number of nitrogens with one attached hydrogen (secondary N) is 1. The summed E-state index contributed by atoms with van der Waals surface area (Å²) in [5.74, 6) is 0.0936. The first-order valence-corrected chi connectivity index (χ1v) is 13.3. The van der Waals surface area contributed by atoms with E-state index in [2.05, 4.69) is 31.2 Å². The Morgan fingerprint density at radius 1 is 1.11 bits per heavy atom. The summed E-state index contributed by atoms with van der Waals surface area (Å²) in [4.78, 5) is 26.6. The molecule has 200 valence electrons. The van der Waals surface area contributed by atoms with Crippen molar-refractivity contribution in [2.75, 3.05) is 12.4 Å². The van der Waals surface area contributed by atoms with Gasteiger partial charge in [-0.05, 0) is 44.9 Å². The monoisotopic (exact) mass is 502 g/mol. The van der Waals surface area contributed by atoms with Crippen molar-refractivity contribution in [1.82, 2.24) is 14.5 Å². The standard InChI is InChI=1S/C27H42N4O5/c1-16-22(29-36-24(16)20-15-19(34-7)13-14-21(35-20)27(3,4)5)25(32)28-23-17(2)30(6)31(26(23)33)18-11-9-8-10-12-18/h18-21H,8-15H2,1-7H3,(H,28,32)/t19-,20+,21-/m1/s1. The van der Waals surface area contributed by atoms with Crippen molar-refractivity contribution in [2.24, 2.45) is 12.5 Å². The molecule has 1 aliphatic carbocycles. The van der Waals surface area contributed by atoms with E-state index >= 15 is 0 Å². The Morgan fingerprint density at radius 2 is 1.81 bits per heavy atom. The van der Waals surface area contributed by atoms with Crippen LogP contribution in [-0.4, -0.2) is 39.7 Å². The fourth-order valence-electron chi connectivity index (χ4n) is 5.68. The Kier molecular flexibility index (Phi) is 7.80. The average molecular weight is 503 g/mol. The maximum atomic E-state index is 13.3. The molecule has 0 unspecified atom stereocenters. The lowest BCUT2D eigenvalue weighted by Gasteiger charge is -2.31. The zero-order valence-corrected chi connectivity index (χ0v) is 22.8. The SMILES string of the molecule is CO[C@@H]1CC[C@H](C(C)(C)C)O[C@H](c2onc(C(=O)Nc3c(C)n(C)n(C4CCCCC4)c3=O)c2C)C1. The molecule has 0 bridgehead atoms. The molecule has 2 aromatic rings. The highest BCUT2D eigenvalue weighted by atomic mass is 16.5. The molecular formula is C27H42N4O5. The Bertz CT molecular complexity index is 1130. The second-order valence-electron chi connectivity index (χ2n) is 11.6. The lowest BCUT2D eigenvalue weighted by molar-refractivity contribution is -0.0776. The lowest BCUT2D eigenvalue weighted by atomic mass is 9.86. The van der Waals surface area contributed by atoms with Crippen LogP contribution >= 0.6 is 0 Å². The molecule has 0 spiro atoms. The van der Waals surface area contributed by atoms with Crippen molar-refractivity contribution in [3.63, 3.8) is 0 Å². The fraction of sp³-hybridized carbons (Fsp3) is 0.741. The second kappa shape index (κ2) is 10.5. The number of aromatic nitrogens is 3. The summed E-state index contributed by atoms with van der Waals surface area (Å²) in [6, 6.07) is 0.165. The number of carbonyl (C=O) groups excluding carboxylic acids is 1. The minimum absolute atomic E-state index is 0.0228. The largest absolute Gasteiger partial charge is 0.381 e. The third kappa shape index (κ3) is 5.18. The zero-order valence-electron chi connectivity index (χ0n) is 22.8. The summed E-state index contributed by atoms with van der Waals surface area (Å²) < 4.78 is 21.6. The molecule has 1 aliphatic heterocycles. The second-order valence-corrected chi connectivity index (χ2v) is 11.6. The maximum absolute atomic E-state index is 13.3. The van der Waals surface area contributed by atoms with Crippen molar-refractivity contribution < 1.29 is 18.8 Å². The Balaban J connectivity index is 1.58. The van der Waals surface area contributed by atoms with Gasteiger partial charge in [-0.25, -0.2) is 4.68 Å². The molecule has 36 heavy (non-hydrogen) atoms. The highest BCUT2D eigenvalue weighted by Crippen LogP contribution is 2.39. The molecule has 1 N–H and O–H groups in total. The van der Waals surface area contributed by atoms with Crippen LogP contribution in [0.2, 0.25) is 0 Å². The number of carbonyl (C=O) groups is 1. The van der Waals surface area contributed by atoms with Crippen LogP contribution in [0.1, 0.15) is 112 Å². The van der Waals surface area contributed by atoms with Crippen LogP contribution in [0.4, 0.5) is 5.69 Å². The number of hydrogen-bond donors (Lipinski definition) is 1. The molecule has 0 aromatic carbocycles. The van der Waals surface area contributed by atoms with E-state index < -0.39 is 5.91 Å². The van der Waals surface area contributed by atoms with E-state index in [9.17, 15) is 9.59 Å². The van der Waals surface area contributed by atoms with Gasteiger partial charge in [0.15, 0.2) is 11.5 Å². The lowest BCUT2D eigenvalue weighted by Crippen LogP contribution is -2.30.